The molecule has 0 saturated heterocycles. The van der Waals surface area contributed by atoms with Gasteiger partial charge in [0.15, 0.2) is 0 Å². The second kappa shape index (κ2) is 5.18. The van der Waals surface area contributed by atoms with Crippen molar-refractivity contribution in [3.05, 3.63) is 45.4 Å². The van der Waals surface area contributed by atoms with E-state index in [1.54, 1.807) is 12.6 Å². The number of ether oxygens (including phenoxy) is 1. The zero-order chi connectivity index (χ0) is 13.1. The number of rotatable bonds is 4. The number of hydrogen-bond donors (Lipinski definition) is 1. The highest BCUT2D eigenvalue weighted by Gasteiger charge is 2.13. The molecule has 0 atom stereocenters. The Hall–Kier alpha value is -1.88. The summed E-state index contributed by atoms with van der Waals surface area (Å²) in [5.41, 5.74) is 4.23. The van der Waals surface area contributed by atoms with Crippen LogP contribution in [0.25, 0.3) is 0 Å². The van der Waals surface area contributed by atoms with Gasteiger partial charge < -0.3 is 9.84 Å². The zero-order valence-electron chi connectivity index (χ0n) is 10.1. The lowest BCUT2D eigenvalue weighted by Gasteiger charge is -2.06. The molecule has 0 aliphatic rings. The Bertz CT molecular complexity index is 577. The van der Waals surface area contributed by atoms with Crippen LogP contribution < -0.4 is 4.74 Å². The first-order chi connectivity index (χ1) is 8.61. The first kappa shape index (κ1) is 12.6. The first-order valence-electron chi connectivity index (χ1n) is 5.41. The van der Waals surface area contributed by atoms with Crippen LogP contribution in [-0.2, 0) is 6.42 Å². The molecule has 0 bridgehead atoms. The number of carboxylic acids is 1. The lowest BCUT2D eigenvalue weighted by Crippen LogP contribution is -2.00. The largest absolute Gasteiger partial charge is 0.496 e. The Morgan fingerprint density at radius 1 is 1.50 bits per heavy atom. The minimum absolute atomic E-state index is 0.309. The quantitative estimate of drug-likeness (QED) is 0.921. The Balaban J connectivity index is 2.26. The average molecular weight is 263 g/mol. The fourth-order valence-electron chi connectivity index (χ4n) is 1.81. The number of thiazole rings is 1. The summed E-state index contributed by atoms with van der Waals surface area (Å²) in [6, 6.07) is 5.80. The van der Waals surface area contributed by atoms with Crippen molar-refractivity contribution in [1.29, 1.82) is 0 Å². The highest BCUT2D eigenvalue weighted by molar-refractivity contribution is 7.11. The zero-order valence-corrected chi connectivity index (χ0v) is 11.0. The van der Waals surface area contributed by atoms with Crippen molar-refractivity contribution in [2.75, 3.05) is 7.11 Å². The maximum Gasteiger partial charge on any atom is 0.347 e. The van der Waals surface area contributed by atoms with E-state index in [0.29, 0.717) is 17.0 Å². The van der Waals surface area contributed by atoms with Gasteiger partial charge in [-0.05, 0) is 24.1 Å². The molecule has 5 heteroatoms. The molecule has 2 rings (SSSR count). The number of aromatic carboxylic acids is 1. The number of nitrogens with zero attached hydrogens (tertiary/aromatic N) is 1. The molecule has 2 aromatic rings. The monoisotopic (exact) mass is 263 g/mol. The van der Waals surface area contributed by atoms with E-state index in [9.17, 15) is 4.79 Å². The van der Waals surface area contributed by atoms with Crippen molar-refractivity contribution in [1.82, 2.24) is 4.98 Å². The fourth-order valence-corrected chi connectivity index (χ4v) is 2.46. The molecule has 0 aliphatic carbocycles. The van der Waals surface area contributed by atoms with Gasteiger partial charge >= 0.3 is 5.97 Å². The van der Waals surface area contributed by atoms with Gasteiger partial charge in [-0.2, -0.15) is 0 Å². The van der Waals surface area contributed by atoms with Gasteiger partial charge in [0.1, 0.15) is 10.6 Å². The minimum Gasteiger partial charge on any atom is -0.496 e. The summed E-state index contributed by atoms with van der Waals surface area (Å²) in [5, 5.41) is 9.02. The predicted octanol–water partition coefficient (Wildman–Crippen LogP) is 2.75. The van der Waals surface area contributed by atoms with Crippen LogP contribution in [0.1, 0.15) is 26.5 Å². The van der Waals surface area contributed by atoms with E-state index in [0.717, 1.165) is 28.2 Å². The standard InChI is InChI=1S/C13H13NO3S/c1-8-5-9(3-4-11(8)17-2)6-10-12(13(15)16)18-7-14-10/h3-5,7H,6H2,1-2H3,(H,15,16). The van der Waals surface area contributed by atoms with Gasteiger partial charge in [0, 0.05) is 6.42 Å². The Labute approximate surface area is 109 Å². The van der Waals surface area contributed by atoms with E-state index in [2.05, 4.69) is 4.98 Å². The lowest BCUT2D eigenvalue weighted by atomic mass is 10.1. The van der Waals surface area contributed by atoms with E-state index in [1.807, 2.05) is 25.1 Å². The number of benzene rings is 1. The summed E-state index contributed by atoms with van der Waals surface area (Å²) < 4.78 is 5.19. The van der Waals surface area contributed by atoms with E-state index in [-0.39, 0.29) is 0 Å². The second-order valence-electron chi connectivity index (χ2n) is 3.91. The van der Waals surface area contributed by atoms with Crippen LogP contribution in [0.15, 0.2) is 23.7 Å². The number of aromatic nitrogens is 1. The van der Waals surface area contributed by atoms with Crippen molar-refractivity contribution in [2.24, 2.45) is 0 Å². The summed E-state index contributed by atoms with van der Waals surface area (Å²) in [4.78, 5) is 15.4. The van der Waals surface area contributed by atoms with Crippen molar-refractivity contribution in [2.45, 2.75) is 13.3 Å². The predicted molar refractivity (Wildman–Crippen MR) is 69.6 cm³/mol. The van der Waals surface area contributed by atoms with Crippen LogP contribution in [0.3, 0.4) is 0 Å². The van der Waals surface area contributed by atoms with Crippen LogP contribution in [0, 0.1) is 6.92 Å². The summed E-state index contributed by atoms with van der Waals surface area (Å²) >= 11 is 1.15. The third-order valence-electron chi connectivity index (χ3n) is 2.67. The van der Waals surface area contributed by atoms with Crippen molar-refractivity contribution in [3.63, 3.8) is 0 Å². The maximum absolute atomic E-state index is 11.0. The average Bonchev–Trinajstić information content (AvgIpc) is 2.77. The molecule has 0 aliphatic heterocycles. The number of carbonyl (C=O) groups is 1. The molecular formula is C13H13NO3S. The van der Waals surface area contributed by atoms with Gasteiger partial charge in [-0.3, -0.25) is 0 Å². The molecule has 0 fully saturated rings. The highest BCUT2D eigenvalue weighted by Crippen LogP contribution is 2.22. The highest BCUT2D eigenvalue weighted by atomic mass is 32.1. The minimum atomic E-state index is -0.919. The first-order valence-corrected chi connectivity index (χ1v) is 6.29. The van der Waals surface area contributed by atoms with E-state index in [4.69, 9.17) is 9.84 Å². The molecular weight excluding hydrogens is 250 g/mol. The van der Waals surface area contributed by atoms with Crippen LogP contribution in [-0.4, -0.2) is 23.2 Å². The molecule has 1 N–H and O–H groups in total. The van der Waals surface area contributed by atoms with Gasteiger partial charge in [-0.25, -0.2) is 9.78 Å². The van der Waals surface area contributed by atoms with Crippen molar-refractivity contribution >= 4 is 17.3 Å². The number of carboxylic acid groups (broad SMARTS) is 1. The topological polar surface area (TPSA) is 59.4 Å². The van der Waals surface area contributed by atoms with Crippen molar-refractivity contribution < 1.29 is 14.6 Å². The van der Waals surface area contributed by atoms with Crippen molar-refractivity contribution in [3.8, 4) is 5.75 Å². The summed E-state index contributed by atoms with van der Waals surface area (Å²) in [6.07, 6.45) is 0.524. The molecule has 1 aromatic heterocycles. The van der Waals surface area contributed by atoms with Crippen LogP contribution in [0.2, 0.25) is 0 Å². The van der Waals surface area contributed by atoms with Crippen LogP contribution >= 0.6 is 11.3 Å². The van der Waals surface area contributed by atoms with E-state index < -0.39 is 5.97 Å². The second-order valence-corrected chi connectivity index (χ2v) is 4.77. The van der Waals surface area contributed by atoms with Gasteiger partial charge in [-0.1, -0.05) is 12.1 Å². The Kier molecular flexibility index (Phi) is 3.62. The maximum atomic E-state index is 11.0. The third kappa shape index (κ3) is 2.51. The van der Waals surface area contributed by atoms with E-state index >= 15 is 0 Å². The smallest absolute Gasteiger partial charge is 0.347 e. The Morgan fingerprint density at radius 3 is 2.89 bits per heavy atom. The molecule has 18 heavy (non-hydrogen) atoms. The molecule has 0 radical (unpaired) electrons. The third-order valence-corrected chi connectivity index (χ3v) is 3.52. The van der Waals surface area contributed by atoms with E-state index in [1.165, 1.54) is 0 Å². The van der Waals surface area contributed by atoms with Crippen LogP contribution in [0.4, 0.5) is 0 Å². The van der Waals surface area contributed by atoms with Gasteiger partial charge in [0.05, 0.1) is 18.3 Å². The number of aryl methyl sites for hydroxylation is 1. The molecule has 1 aromatic carbocycles. The normalized spacial score (nSPS) is 10.3. The number of hydrogen-bond acceptors (Lipinski definition) is 4. The molecule has 1 heterocycles. The molecule has 94 valence electrons. The van der Waals surface area contributed by atoms with Crippen LogP contribution in [0.5, 0.6) is 5.75 Å². The molecule has 0 amide bonds. The number of methoxy groups -OCH3 is 1. The van der Waals surface area contributed by atoms with Gasteiger partial charge in [-0.15, -0.1) is 11.3 Å². The summed E-state index contributed by atoms with van der Waals surface area (Å²) in [5.74, 6) is -0.0896. The summed E-state index contributed by atoms with van der Waals surface area (Å²) in [7, 11) is 1.63. The lowest BCUT2D eigenvalue weighted by molar-refractivity contribution is 0.0701. The SMILES string of the molecule is COc1ccc(Cc2ncsc2C(=O)O)cc1C. The molecule has 0 unspecified atom stereocenters. The molecule has 0 spiro atoms. The Morgan fingerprint density at radius 2 is 2.28 bits per heavy atom. The molecule has 4 nitrogen and oxygen atoms in total. The molecule has 0 saturated carbocycles. The van der Waals surface area contributed by atoms with Gasteiger partial charge in [0.25, 0.3) is 0 Å². The van der Waals surface area contributed by atoms with Gasteiger partial charge in [0.2, 0.25) is 0 Å². The fraction of sp³-hybridized carbons (Fsp3) is 0.231. The summed E-state index contributed by atoms with van der Waals surface area (Å²) in [6.45, 7) is 1.96.